The van der Waals surface area contributed by atoms with Crippen molar-refractivity contribution < 1.29 is 4.74 Å². The molecule has 1 atom stereocenters. The second-order valence-electron chi connectivity index (χ2n) is 8.70. The number of halogens is 1. The summed E-state index contributed by atoms with van der Waals surface area (Å²) in [5.41, 5.74) is 0. The van der Waals surface area contributed by atoms with Gasteiger partial charge in [0.05, 0.1) is 12.7 Å². The molecular formula is C20H40IN5O. The van der Waals surface area contributed by atoms with Crippen LogP contribution in [0.4, 0.5) is 0 Å². The third-order valence-corrected chi connectivity index (χ3v) is 5.51. The van der Waals surface area contributed by atoms with Crippen LogP contribution in [0.15, 0.2) is 4.99 Å². The van der Waals surface area contributed by atoms with Gasteiger partial charge >= 0.3 is 0 Å². The Morgan fingerprint density at radius 2 is 2.00 bits per heavy atom. The molecule has 3 aliphatic rings. The predicted molar refractivity (Wildman–Crippen MR) is 123 cm³/mol. The number of aliphatic imine (C=N–C) groups is 1. The van der Waals surface area contributed by atoms with Crippen molar-refractivity contribution in [2.45, 2.75) is 51.7 Å². The van der Waals surface area contributed by atoms with E-state index in [0.717, 1.165) is 63.8 Å². The first kappa shape index (κ1) is 23.2. The van der Waals surface area contributed by atoms with Gasteiger partial charge < -0.3 is 15.4 Å². The van der Waals surface area contributed by atoms with Crippen LogP contribution < -0.4 is 10.6 Å². The number of morpholine rings is 1. The van der Waals surface area contributed by atoms with Crippen LogP contribution >= 0.6 is 24.0 Å². The van der Waals surface area contributed by atoms with E-state index in [0.29, 0.717) is 5.92 Å². The van der Waals surface area contributed by atoms with Gasteiger partial charge in [-0.25, -0.2) is 0 Å². The summed E-state index contributed by atoms with van der Waals surface area (Å²) in [6.07, 6.45) is 5.92. The Labute approximate surface area is 182 Å². The molecule has 1 unspecified atom stereocenters. The lowest BCUT2D eigenvalue weighted by Crippen LogP contribution is -2.50. The third kappa shape index (κ3) is 8.83. The van der Waals surface area contributed by atoms with Crippen LogP contribution in [0.1, 0.15) is 39.5 Å². The Hall–Kier alpha value is -0.120. The monoisotopic (exact) mass is 493 g/mol. The standard InChI is InChI=1S/C20H39N5O.HI/c1-16(2)13-24-10-11-26-19(15-24)12-23-20(21-3)22-8-9-25(18-6-7-18)14-17-4-5-17;/h16-19H,4-15H2,1-3H3,(H2,21,22,23);1H. The third-order valence-electron chi connectivity index (χ3n) is 5.51. The molecule has 3 rings (SSSR count). The van der Waals surface area contributed by atoms with Gasteiger partial charge in [0.1, 0.15) is 0 Å². The van der Waals surface area contributed by atoms with Crippen LogP contribution in [0.2, 0.25) is 0 Å². The number of hydrogen-bond acceptors (Lipinski definition) is 4. The summed E-state index contributed by atoms with van der Waals surface area (Å²) in [5.74, 6) is 2.59. The highest BCUT2D eigenvalue weighted by Gasteiger charge is 2.33. The molecule has 1 saturated heterocycles. The highest BCUT2D eigenvalue weighted by molar-refractivity contribution is 14.0. The van der Waals surface area contributed by atoms with Crippen molar-refractivity contribution in [2.75, 3.05) is 59.5 Å². The topological polar surface area (TPSA) is 52.1 Å². The van der Waals surface area contributed by atoms with E-state index in [-0.39, 0.29) is 30.1 Å². The summed E-state index contributed by atoms with van der Waals surface area (Å²) in [5, 5.41) is 6.94. The minimum atomic E-state index is 0. The molecular weight excluding hydrogens is 453 g/mol. The largest absolute Gasteiger partial charge is 0.374 e. The zero-order valence-electron chi connectivity index (χ0n) is 17.5. The first-order chi connectivity index (χ1) is 12.6. The number of nitrogens with one attached hydrogen (secondary N) is 2. The van der Waals surface area contributed by atoms with Gasteiger partial charge in [0.15, 0.2) is 5.96 Å². The zero-order chi connectivity index (χ0) is 18.4. The van der Waals surface area contributed by atoms with E-state index in [9.17, 15) is 0 Å². The molecule has 0 aromatic carbocycles. The lowest BCUT2D eigenvalue weighted by Gasteiger charge is -2.34. The molecule has 0 aromatic rings. The lowest BCUT2D eigenvalue weighted by atomic mass is 10.2. The lowest BCUT2D eigenvalue weighted by molar-refractivity contribution is -0.0284. The SMILES string of the molecule is CN=C(NCCN(CC1CC1)C1CC1)NCC1CN(CC(C)C)CCO1.I. The Bertz CT molecular complexity index is 454. The van der Waals surface area contributed by atoms with Crippen LogP contribution in [0.3, 0.4) is 0 Å². The smallest absolute Gasteiger partial charge is 0.191 e. The maximum Gasteiger partial charge on any atom is 0.191 e. The molecule has 27 heavy (non-hydrogen) atoms. The maximum atomic E-state index is 5.92. The van der Waals surface area contributed by atoms with Crippen molar-refractivity contribution in [1.29, 1.82) is 0 Å². The van der Waals surface area contributed by atoms with Gasteiger partial charge in [0.25, 0.3) is 0 Å². The van der Waals surface area contributed by atoms with Crippen molar-refractivity contribution in [3.05, 3.63) is 0 Å². The van der Waals surface area contributed by atoms with E-state index in [1.54, 1.807) is 0 Å². The Balaban J connectivity index is 0.00000261. The molecule has 1 heterocycles. The molecule has 0 aromatic heterocycles. The van der Waals surface area contributed by atoms with Crippen LogP contribution in [-0.2, 0) is 4.74 Å². The summed E-state index contributed by atoms with van der Waals surface area (Å²) in [6, 6.07) is 0.856. The van der Waals surface area contributed by atoms with Gasteiger partial charge in [-0.2, -0.15) is 0 Å². The number of rotatable bonds is 10. The van der Waals surface area contributed by atoms with Crippen molar-refractivity contribution in [2.24, 2.45) is 16.8 Å². The predicted octanol–water partition coefficient (Wildman–Crippen LogP) is 2.00. The molecule has 0 amide bonds. The van der Waals surface area contributed by atoms with Gasteiger partial charge in [-0.3, -0.25) is 14.8 Å². The molecule has 0 bridgehead atoms. The van der Waals surface area contributed by atoms with Gasteiger partial charge in [-0.1, -0.05) is 13.8 Å². The average Bonchev–Trinajstić information content (AvgIpc) is 3.50. The summed E-state index contributed by atoms with van der Waals surface area (Å²) in [6.45, 7) is 12.8. The van der Waals surface area contributed by atoms with Crippen LogP contribution in [0.25, 0.3) is 0 Å². The van der Waals surface area contributed by atoms with E-state index in [1.807, 2.05) is 7.05 Å². The van der Waals surface area contributed by atoms with Crippen LogP contribution in [0, 0.1) is 11.8 Å². The minimum absolute atomic E-state index is 0. The van der Waals surface area contributed by atoms with Gasteiger partial charge in [0.2, 0.25) is 0 Å². The fourth-order valence-corrected chi connectivity index (χ4v) is 3.83. The van der Waals surface area contributed by atoms with Crippen LogP contribution in [-0.4, -0.2) is 87.4 Å². The molecule has 0 spiro atoms. The van der Waals surface area contributed by atoms with E-state index >= 15 is 0 Å². The summed E-state index contributed by atoms with van der Waals surface area (Å²) in [4.78, 5) is 9.58. The van der Waals surface area contributed by atoms with Crippen LogP contribution in [0.5, 0.6) is 0 Å². The normalized spacial score (nSPS) is 24.2. The van der Waals surface area contributed by atoms with Crippen molar-refractivity contribution >= 4 is 29.9 Å². The number of nitrogens with zero attached hydrogens (tertiary/aromatic N) is 3. The van der Waals surface area contributed by atoms with Crippen molar-refractivity contribution in [3.63, 3.8) is 0 Å². The number of hydrogen-bond donors (Lipinski definition) is 2. The molecule has 2 aliphatic carbocycles. The van der Waals surface area contributed by atoms with Crippen molar-refractivity contribution in [1.82, 2.24) is 20.4 Å². The molecule has 7 heteroatoms. The highest BCUT2D eigenvalue weighted by Crippen LogP contribution is 2.34. The fraction of sp³-hybridized carbons (Fsp3) is 0.950. The molecule has 2 N–H and O–H groups in total. The summed E-state index contributed by atoms with van der Waals surface area (Å²) >= 11 is 0. The quantitative estimate of drug-likeness (QED) is 0.277. The highest BCUT2D eigenvalue weighted by atomic mass is 127. The first-order valence-corrected chi connectivity index (χ1v) is 10.7. The summed E-state index contributed by atoms with van der Waals surface area (Å²) in [7, 11) is 1.85. The second-order valence-corrected chi connectivity index (χ2v) is 8.70. The molecule has 6 nitrogen and oxygen atoms in total. The van der Waals surface area contributed by atoms with E-state index < -0.39 is 0 Å². The minimum Gasteiger partial charge on any atom is -0.374 e. The van der Waals surface area contributed by atoms with Gasteiger partial charge in [-0.15, -0.1) is 24.0 Å². The molecule has 3 fully saturated rings. The Morgan fingerprint density at radius 3 is 2.63 bits per heavy atom. The van der Waals surface area contributed by atoms with E-state index in [4.69, 9.17) is 4.74 Å². The Kier molecular flexibility index (Phi) is 10.1. The fourth-order valence-electron chi connectivity index (χ4n) is 3.83. The second kappa shape index (κ2) is 11.8. The van der Waals surface area contributed by atoms with E-state index in [2.05, 4.69) is 39.3 Å². The average molecular weight is 493 g/mol. The van der Waals surface area contributed by atoms with Gasteiger partial charge in [-0.05, 0) is 37.5 Å². The number of guanidine groups is 1. The number of ether oxygens (including phenoxy) is 1. The Morgan fingerprint density at radius 1 is 1.22 bits per heavy atom. The molecule has 158 valence electrons. The first-order valence-electron chi connectivity index (χ1n) is 10.7. The molecule has 2 saturated carbocycles. The molecule has 0 radical (unpaired) electrons. The summed E-state index contributed by atoms with van der Waals surface area (Å²) < 4.78 is 5.92. The van der Waals surface area contributed by atoms with Gasteiger partial charge in [0, 0.05) is 58.9 Å². The zero-order valence-corrected chi connectivity index (χ0v) is 19.8. The van der Waals surface area contributed by atoms with Crippen molar-refractivity contribution in [3.8, 4) is 0 Å². The molecule has 1 aliphatic heterocycles. The van der Waals surface area contributed by atoms with E-state index in [1.165, 1.54) is 32.2 Å². The maximum absolute atomic E-state index is 5.92.